The van der Waals surface area contributed by atoms with E-state index in [0.717, 1.165) is 31.9 Å². The number of piperazine rings is 1. The molecule has 98 valence electrons. The van der Waals surface area contributed by atoms with Crippen molar-refractivity contribution in [1.82, 2.24) is 20.0 Å². The SMILES string of the molecule is O=C(c1cnn(-c2ccccc2)c1)N1CCNCC1. The van der Waals surface area contributed by atoms with E-state index in [4.69, 9.17) is 0 Å². The Morgan fingerprint density at radius 3 is 2.63 bits per heavy atom. The molecule has 2 aromatic rings. The first-order valence-corrected chi connectivity index (χ1v) is 6.45. The Labute approximate surface area is 111 Å². The predicted molar refractivity (Wildman–Crippen MR) is 72.3 cm³/mol. The number of rotatable bonds is 2. The van der Waals surface area contributed by atoms with Crippen molar-refractivity contribution in [2.75, 3.05) is 26.2 Å². The molecule has 1 aliphatic heterocycles. The zero-order valence-corrected chi connectivity index (χ0v) is 10.6. The monoisotopic (exact) mass is 256 g/mol. The molecule has 0 saturated carbocycles. The Balaban J connectivity index is 1.79. The third-order valence-electron chi connectivity index (χ3n) is 3.25. The minimum atomic E-state index is 0.0590. The van der Waals surface area contributed by atoms with Gasteiger partial charge in [-0.1, -0.05) is 18.2 Å². The van der Waals surface area contributed by atoms with E-state index in [1.165, 1.54) is 0 Å². The fourth-order valence-corrected chi connectivity index (χ4v) is 2.21. The molecule has 1 fully saturated rings. The second kappa shape index (κ2) is 5.24. The zero-order chi connectivity index (χ0) is 13.1. The Morgan fingerprint density at radius 1 is 1.16 bits per heavy atom. The molecule has 0 aliphatic carbocycles. The number of hydrogen-bond donors (Lipinski definition) is 1. The number of para-hydroxylation sites is 1. The molecule has 1 amide bonds. The van der Waals surface area contributed by atoms with Gasteiger partial charge in [-0.15, -0.1) is 0 Å². The maximum absolute atomic E-state index is 12.3. The van der Waals surface area contributed by atoms with E-state index < -0.39 is 0 Å². The normalized spacial score (nSPS) is 15.5. The molecule has 1 N–H and O–H groups in total. The van der Waals surface area contributed by atoms with Crippen molar-refractivity contribution in [3.05, 3.63) is 48.3 Å². The molecule has 1 aromatic heterocycles. The summed E-state index contributed by atoms with van der Waals surface area (Å²) in [7, 11) is 0. The van der Waals surface area contributed by atoms with Gasteiger partial charge in [-0.05, 0) is 12.1 Å². The Morgan fingerprint density at radius 2 is 1.89 bits per heavy atom. The molecule has 0 radical (unpaired) electrons. The lowest BCUT2D eigenvalue weighted by atomic mass is 10.2. The standard InChI is InChI=1S/C14H16N4O/c19-14(17-8-6-15-7-9-17)12-10-16-18(11-12)13-4-2-1-3-5-13/h1-5,10-11,15H,6-9H2. The van der Waals surface area contributed by atoms with Crippen molar-refractivity contribution in [1.29, 1.82) is 0 Å². The molecular formula is C14H16N4O. The highest BCUT2D eigenvalue weighted by Gasteiger charge is 2.19. The van der Waals surface area contributed by atoms with E-state index in [1.54, 1.807) is 17.1 Å². The minimum Gasteiger partial charge on any atom is -0.336 e. The first kappa shape index (κ1) is 11.9. The van der Waals surface area contributed by atoms with Crippen LogP contribution in [0, 0.1) is 0 Å². The summed E-state index contributed by atoms with van der Waals surface area (Å²) in [5.41, 5.74) is 1.60. The number of carbonyl (C=O) groups excluding carboxylic acids is 1. The van der Waals surface area contributed by atoms with Crippen LogP contribution in [0.1, 0.15) is 10.4 Å². The smallest absolute Gasteiger partial charge is 0.257 e. The van der Waals surface area contributed by atoms with Gasteiger partial charge < -0.3 is 10.2 Å². The van der Waals surface area contributed by atoms with Crippen molar-refractivity contribution in [2.24, 2.45) is 0 Å². The van der Waals surface area contributed by atoms with Crippen molar-refractivity contribution in [3.63, 3.8) is 0 Å². The summed E-state index contributed by atoms with van der Waals surface area (Å²) in [5, 5.41) is 7.49. The molecule has 1 saturated heterocycles. The summed E-state index contributed by atoms with van der Waals surface area (Å²) >= 11 is 0. The zero-order valence-electron chi connectivity index (χ0n) is 10.6. The molecule has 5 nitrogen and oxygen atoms in total. The van der Waals surface area contributed by atoms with Crippen LogP contribution < -0.4 is 5.32 Å². The lowest BCUT2D eigenvalue weighted by Gasteiger charge is -2.26. The Hall–Kier alpha value is -2.14. The topological polar surface area (TPSA) is 50.2 Å². The maximum Gasteiger partial charge on any atom is 0.257 e. The number of nitrogens with zero attached hydrogens (tertiary/aromatic N) is 3. The fraction of sp³-hybridized carbons (Fsp3) is 0.286. The molecule has 0 unspecified atom stereocenters. The van der Waals surface area contributed by atoms with Gasteiger partial charge in [0, 0.05) is 32.4 Å². The van der Waals surface area contributed by atoms with Crippen LogP contribution in [0.2, 0.25) is 0 Å². The quantitative estimate of drug-likeness (QED) is 0.869. The Kier molecular flexibility index (Phi) is 3.29. The van der Waals surface area contributed by atoms with Gasteiger partial charge >= 0.3 is 0 Å². The highest BCUT2D eigenvalue weighted by Crippen LogP contribution is 2.10. The van der Waals surface area contributed by atoms with Crippen LogP contribution in [-0.4, -0.2) is 46.8 Å². The van der Waals surface area contributed by atoms with Crippen LogP contribution in [-0.2, 0) is 0 Å². The molecular weight excluding hydrogens is 240 g/mol. The molecule has 19 heavy (non-hydrogen) atoms. The van der Waals surface area contributed by atoms with E-state index in [2.05, 4.69) is 10.4 Å². The molecule has 0 spiro atoms. The molecule has 0 bridgehead atoms. The average molecular weight is 256 g/mol. The third-order valence-corrected chi connectivity index (χ3v) is 3.25. The molecule has 2 heterocycles. The summed E-state index contributed by atoms with van der Waals surface area (Å²) < 4.78 is 1.73. The van der Waals surface area contributed by atoms with Gasteiger partial charge in [0.2, 0.25) is 0 Å². The average Bonchev–Trinajstić information content (AvgIpc) is 2.98. The van der Waals surface area contributed by atoms with Gasteiger partial charge in [0.15, 0.2) is 0 Å². The van der Waals surface area contributed by atoms with E-state index in [9.17, 15) is 4.79 Å². The molecule has 3 rings (SSSR count). The summed E-state index contributed by atoms with van der Waals surface area (Å²) in [6.07, 6.45) is 3.43. The summed E-state index contributed by atoms with van der Waals surface area (Å²) in [6, 6.07) is 9.79. The van der Waals surface area contributed by atoms with E-state index in [-0.39, 0.29) is 5.91 Å². The van der Waals surface area contributed by atoms with Crippen LogP contribution in [0.5, 0.6) is 0 Å². The van der Waals surface area contributed by atoms with Gasteiger partial charge in [0.1, 0.15) is 0 Å². The van der Waals surface area contributed by atoms with Gasteiger partial charge in [-0.3, -0.25) is 4.79 Å². The fourth-order valence-electron chi connectivity index (χ4n) is 2.21. The highest BCUT2D eigenvalue weighted by atomic mass is 16.2. The second-order valence-electron chi connectivity index (χ2n) is 4.55. The summed E-state index contributed by atoms with van der Waals surface area (Å²) in [4.78, 5) is 14.2. The minimum absolute atomic E-state index is 0.0590. The first-order chi connectivity index (χ1) is 9.34. The number of amides is 1. The predicted octanol–water partition coefficient (Wildman–Crippen LogP) is 0.918. The van der Waals surface area contributed by atoms with E-state index in [1.807, 2.05) is 35.2 Å². The van der Waals surface area contributed by atoms with Crippen LogP contribution in [0.3, 0.4) is 0 Å². The largest absolute Gasteiger partial charge is 0.336 e. The van der Waals surface area contributed by atoms with Crippen molar-refractivity contribution in [3.8, 4) is 5.69 Å². The van der Waals surface area contributed by atoms with Crippen LogP contribution in [0.4, 0.5) is 0 Å². The van der Waals surface area contributed by atoms with Crippen LogP contribution >= 0.6 is 0 Å². The van der Waals surface area contributed by atoms with Gasteiger partial charge in [0.05, 0.1) is 17.4 Å². The summed E-state index contributed by atoms with van der Waals surface area (Å²) in [6.45, 7) is 3.24. The molecule has 5 heteroatoms. The van der Waals surface area contributed by atoms with Crippen molar-refractivity contribution in [2.45, 2.75) is 0 Å². The third kappa shape index (κ3) is 2.51. The van der Waals surface area contributed by atoms with Crippen LogP contribution in [0.25, 0.3) is 5.69 Å². The maximum atomic E-state index is 12.3. The first-order valence-electron chi connectivity index (χ1n) is 6.45. The lowest BCUT2D eigenvalue weighted by Crippen LogP contribution is -2.46. The molecule has 0 atom stereocenters. The number of carbonyl (C=O) groups is 1. The molecule has 1 aliphatic rings. The van der Waals surface area contributed by atoms with Crippen molar-refractivity contribution < 1.29 is 4.79 Å². The number of hydrogen-bond acceptors (Lipinski definition) is 3. The lowest BCUT2D eigenvalue weighted by molar-refractivity contribution is 0.0736. The number of benzene rings is 1. The van der Waals surface area contributed by atoms with Crippen LogP contribution in [0.15, 0.2) is 42.7 Å². The summed E-state index contributed by atoms with van der Waals surface area (Å²) in [5.74, 6) is 0.0590. The van der Waals surface area contributed by atoms with Gasteiger partial charge in [-0.2, -0.15) is 5.10 Å². The highest BCUT2D eigenvalue weighted by molar-refractivity contribution is 5.93. The van der Waals surface area contributed by atoms with Crippen molar-refractivity contribution >= 4 is 5.91 Å². The number of aromatic nitrogens is 2. The number of nitrogens with one attached hydrogen (secondary N) is 1. The van der Waals surface area contributed by atoms with Gasteiger partial charge in [0.25, 0.3) is 5.91 Å². The Bertz CT molecular complexity index is 558. The van der Waals surface area contributed by atoms with Gasteiger partial charge in [-0.25, -0.2) is 4.68 Å². The van der Waals surface area contributed by atoms with E-state index >= 15 is 0 Å². The second-order valence-corrected chi connectivity index (χ2v) is 4.55. The van der Waals surface area contributed by atoms with E-state index in [0.29, 0.717) is 5.56 Å². The molecule has 1 aromatic carbocycles.